The van der Waals surface area contributed by atoms with Crippen molar-refractivity contribution in [2.45, 2.75) is 26.2 Å². The summed E-state index contributed by atoms with van der Waals surface area (Å²) in [5.74, 6) is -1.78. The van der Waals surface area contributed by atoms with Crippen molar-refractivity contribution >= 4 is 16.8 Å². The molecule has 5 rings (SSSR count). The fourth-order valence-electron chi connectivity index (χ4n) is 4.11. The van der Waals surface area contributed by atoms with E-state index in [0.29, 0.717) is 11.3 Å². The standard InChI is InChI=1S/C22H17F4N5O2/c1-12-9-30(11-28-12)18-2-3-19-20(32)29(4-5-31(19)21(18)33)10-13-8-27-17-7-16(23)15(6-14(13)17)22(24,25)26/h2-3,6-9,11,27H,4-5,10H2,1H3. The molecule has 0 saturated carbocycles. The van der Waals surface area contributed by atoms with Crippen molar-refractivity contribution in [3.05, 3.63) is 81.7 Å². The average Bonchev–Trinajstić information content (AvgIpc) is 3.35. The van der Waals surface area contributed by atoms with Crippen LogP contribution in [-0.2, 0) is 19.3 Å². The first-order valence-electron chi connectivity index (χ1n) is 10.0. The predicted octanol–water partition coefficient (Wildman–Crippen LogP) is 3.64. The van der Waals surface area contributed by atoms with Gasteiger partial charge in [-0.15, -0.1) is 0 Å². The summed E-state index contributed by atoms with van der Waals surface area (Å²) in [7, 11) is 0. The molecular weight excluding hydrogens is 442 g/mol. The lowest BCUT2D eigenvalue weighted by Crippen LogP contribution is -2.44. The normalized spacial score (nSPS) is 14.2. The second-order valence-electron chi connectivity index (χ2n) is 7.90. The molecule has 0 atom stereocenters. The number of nitrogens with one attached hydrogen (secondary N) is 1. The Kier molecular flexibility index (Phi) is 4.66. The number of carbonyl (C=O) groups is 1. The first kappa shape index (κ1) is 21.0. The molecule has 1 aromatic carbocycles. The van der Waals surface area contributed by atoms with Crippen LogP contribution in [0.25, 0.3) is 16.6 Å². The van der Waals surface area contributed by atoms with E-state index in [-0.39, 0.29) is 41.8 Å². The first-order valence-corrected chi connectivity index (χ1v) is 10.0. The van der Waals surface area contributed by atoms with Gasteiger partial charge in [0.25, 0.3) is 11.5 Å². The van der Waals surface area contributed by atoms with Gasteiger partial charge in [0.1, 0.15) is 17.2 Å². The average molecular weight is 459 g/mol. The van der Waals surface area contributed by atoms with E-state index in [9.17, 15) is 27.2 Å². The summed E-state index contributed by atoms with van der Waals surface area (Å²) in [6, 6.07) is 4.64. The number of H-pyrrole nitrogens is 1. The highest BCUT2D eigenvalue weighted by atomic mass is 19.4. The molecular formula is C22H17F4N5O2. The van der Waals surface area contributed by atoms with E-state index < -0.39 is 23.5 Å². The summed E-state index contributed by atoms with van der Waals surface area (Å²) >= 11 is 0. The zero-order valence-corrected chi connectivity index (χ0v) is 17.3. The lowest BCUT2D eigenvalue weighted by Gasteiger charge is -2.29. The number of imidazole rings is 1. The van der Waals surface area contributed by atoms with Crippen molar-refractivity contribution in [3.8, 4) is 5.69 Å². The number of aromatic amines is 1. The molecule has 0 bridgehead atoms. The third-order valence-corrected chi connectivity index (χ3v) is 5.77. The van der Waals surface area contributed by atoms with Gasteiger partial charge in [-0.05, 0) is 36.8 Å². The number of aromatic nitrogens is 4. The minimum atomic E-state index is -4.83. The Morgan fingerprint density at radius 2 is 1.94 bits per heavy atom. The van der Waals surface area contributed by atoms with E-state index in [0.717, 1.165) is 17.8 Å². The Hall–Kier alpha value is -3.89. The molecule has 0 unspecified atom stereocenters. The Bertz CT molecular complexity index is 1460. The third kappa shape index (κ3) is 3.49. The minimum absolute atomic E-state index is 0.0123. The highest BCUT2D eigenvalue weighted by Crippen LogP contribution is 2.35. The van der Waals surface area contributed by atoms with Crippen LogP contribution in [0.2, 0.25) is 0 Å². The van der Waals surface area contributed by atoms with Crippen LogP contribution in [0.5, 0.6) is 0 Å². The molecule has 11 heteroatoms. The van der Waals surface area contributed by atoms with E-state index in [1.165, 1.54) is 22.0 Å². The highest BCUT2D eigenvalue weighted by molar-refractivity contribution is 5.94. The lowest BCUT2D eigenvalue weighted by molar-refractivity contribution is -0.139. The second-order valence-corrected chi connectivity index (χ2v) is 7.90. The fourth-order valence-corrected chi connectivity index (χ4v) is 4.11. The van der Waals surface area contributed by atoms with Gasteiger partial charge in [0.15, 0.2) is 0 Å². The van der Waals surface area contributed by atoms with E-state index in [2.05, 4.69) is 9.97 Å². The number of nitrogens with zero attached hydrogens (tertiary/aromatic N) is 4. The molecule has 1 amide bonds. The van der Waals surface area contributed by atoms with Gasteiger partial charge in [0, 0.05) is 42.9 Å². The molecule has 0 saturated heterocycles. The molecule has 0 aliphatic carbocycles. The zero-order chi connectivity index (χ0) is 23.5. The number of fused-ring (bicyclic) bond motifs is 2. The number of aryl methyl sites for hydroxylation is 1. The number of alkyl halides is 3. The lowest BCUT2D eigenvalue weighted by atomic mass is 10.1. The Morgan fingerprint density at radius 3 is 2.64 bits per heavy atom. The topological polar surface area (TPSA) is 75.9 Å². The summed E-state index contributed by atoms with van der Waals surface area (Å²) in [5.41, 5.74) is 0.219. The minimum Gasteiger partial charge on any atom is -0.361 e. The summed E-state index contributed by atoms with van der Waals surface area (Å²) < 4.78 is 56.3. The van der Waals surface area contributed by atoms with Crippen LogP contribution < -0.4 is 5.56 Å². The molecule has 0 spiro atoms. The van der Waals surface area contributed by atoms with Crippen molar-refractivity contribution in [1.29, 1.82) is 0 Å². The van der Waals surface area contributed by atoms with Gasteiger partial charge in [0.2, 0.25) is 0 Å². The van der Waals surface area contributed by atoms with Gasteiger partial charge >= 0.3 is 6.18 Å². The van der Waals surface area contributed by atoms with Gasteiger partial charge in [-0.1, -0.05) is 0 Å². The zero-order valence-electron chi connectivity index (χ0n) is 17.3. The number of hydrogen-bond acceptors (Lipinski definition) is 3. The highest BCUT2D eigenvalue weighted by Gasteiger charge is 2.35. The smallest absolute Gasteiger partial charge is 0.361 e. The summed E-state index contributed by atoms with van der Waals surface area (Å²) in [5, 5.41) is 0.185. The van der Waals surface area contributed by atoms with Crippen molar-refractivity contribution in [2.24, 2.45) is 0 Å². The van der Waals surface area contributed by atoms with Crippen molar-refractivity contribution in [1.82, 2.24) is 24.0 Å². The molecule has 33 heavy (non-hydrogen) atoms. The third-order valence-electron chi connectivity index (χ3n) is 5.77. The molecule has 4 aromatic rings. The van der Waals surface area contributed by atoms with Crippen molar-refractivity contribution < 1.29 is 22.4 Å². The van der Waals surface area contributed by atoms with Gasteiger partial charge < -0.3 is 19.0 Å². The largest absolute Gasteiger partial charge is 0.419 e. The van der Waals surface area contributed by atoms with Crippen molar-refractivity contribution in [2.75, 3.05) is 6.54 Å². The molecule has 1 aliphatic rings. The Labute approximate surface area is 183 Å². The number of rotatable bonds is 3. The maximum atomic E-state index is 13.9. The number of benzene rings is 1. The van der Waals surface area contributed by atoms with Crippen LogP contribution in [0.15, 0.2) is 47.8 Å². The van der Waals surface area contributed by atoms with Crippen LogP contribution in [0.1, 0.15) is 27.3 Å². The molecule has 1 N–H and O–H groups in total. The van der Waals surface area contributed by atoms with E-state index >= 15 is 0 Å². The van der Waals surface area contributed by atoms with Crippen molar-refractivity contribution in [3.63, 3.8) is 0 Å². The maximum Gasteiger partial charge on any atom is 0.419 e. The monoisotopic (exact) mass is 459 g/mol. The molecule has 4 heterocycles. The maximum absolute atomic E-state index is 13.9. The van der Waals surface area contributed by atoms with Crippen LogP contribution in [0, 0.1) is 12.7 Å². The second kappa shape index (κ2) is 7.32. The molecule has 0 radical (unpaired) electrons. The number of halogens is 4. The van der Waals surface area contributed by atoms with Gasteiger partial charge in [-0.2, -0.15) is 13.2 Å². The van der Waals surface area contributed by atoms with Crippen LogP contribution in [0.3, 0.4) is 0 Å². The van der Waals surface area contributed by atoms with Crippen LogP contribution in [-0.4, -0.2) is 36.5 Å². The predicted molar refractivity (Wildman–Crippen MR) is 111 cm³/mol. The first-order chi connectivity index (χ1) is 15.6. The summed E-state index contributed by atoms with van der Waals surface area (Å²) in [4.78, 5) is 34.3. The molecule has 0 fully saturated rings. The number of amides is 1. The van der Waals surface area contributed by atoms with Gasteiger partial charge in [-0.3, -0.25) is 9.59 Å². The van der Waals surface area contributed by atoms with E-state index in [1.54, 1.807) is 29.8 Å². The Balaban J connectivity index is 1.47. The fraction of sp³-hybridized carbons (Fsp3) is 0.227. The SMILES string of the molecule is Cc1cn(-c2ccc3n(c2=O)CCN(Cc2c[nH]c4cc(F)c(C(F)(F)F)cc24)C3=O)cn1. The van der Waals surface area contributed by atoms with Gasteiger partial charge in [0.05, 0.1) is 17.6 Å². The molecule has 7 nitrogen and oxygen atoms in total. The van der Waals surface area contributed by atoms with Crippen LogP contribution >= 0.6 is 0 Å². The summed E-state index contributed by atoms with van der Waals surface area (Å²) in [6.45, 7) is 2.23. The van der Waals surface area contributed by atoms with E-state index in [1.807, 2.05) is 0 Å². The van der Waals surface area contributed by atoms with Gasteiger partial charge in [-0.25, -0.2) is 9.37 Å². The number of pyridine rings is 1. The van der Waals surface area contributed by atoms with Crippen LogP contribution in [0.4, 0.5) is 17.6 Å². The number of hydrogen-bond donors (Lipinski definition) is 1. The number of carbonyl (C=O) groups excluding carboxylic acids is 1. The molecule has 1 aliphatic heterocycles. The Morgan fingerprint density at radius 1 is 1.15 bits per heavy atom. The van der Waals surface area contributed by atoms with E-state index in [4.69, 9.17) is 0 Å². The molecule has 3 aromatic heterocycles. The summed E-state index contributed by atoms with van der Waals surface area (Å²) in [6.07, 6.45) is -0.149. The quantitative estimate of drug-likeness (QED) is 0.476. The molecule has 170 valence electrons.